The minimum atomic E-state index is -1.28. The molecule has 32 heavy (non-hydrogen) atoms. The first-order chi connectivity index (χ1) is 15.1. The van der Waals surface area contributed by atoms with Gasteiger partial charge in [-0.05, 0) is 18.3 Å². The third-order valence-corrected chi connectivity index (χ3v) is 5.20. The van der Waals surface area contributed by atoms with Gasteiger partial charge >= 0.3 is 0 Å². The van der Waals surface area contributed by atoms with E-state index >= 15 is 0 Å². The summed E-state index contributed by atoms with van der Waals surface area (Å²) in [4.78, 5) is 55.9. The molecule has 1 aromatic rings. The molecule has 0 aliphatic carbocycles. The van der Waals surface area contributed by atoms with Crippen LogP contribution >= 0.6 is 0 Å². The summed E-state index contributed by atoms with van der Waals surface area (Å²) in [5, 5.41) is 17.3. The molecular formula is C21H36N6O5. The number of rotatable bonds is 14. The second-order valence-electron chi connectivity index (χ2n) is 8.38. The van der Waals surface area contributed by atoms with Gasteiger partial charge < -0.3 is 36.6 Å². The SMILES string of the molecule is CC[C@H](C)[C@@H](C=O)NC(=O)[C@H](CC(C)C)NC(=O)[C@H](CO)NC(=O)[C@@H](N)Cc1cnc[nH]1. The lowest BCUT2D eigenvalue weighted by Gasteiger charge is -2.26. The van der Waals surface area contributed by atoms with Crippen LogP contribution in [0.2, 0.25) is 0 Å². The summed E-state index contributed by atoms with van der Waals surface area (Å²) in [5.74, 6) is -1.84. The average Bonchev–Trinajstić information content (AvgIpc) is 3.26. The quantitative estimate of drug-likeness (QED) is 0.196. The number of nitrogens with two attached hydrogens (primary N) is 1. The number of hydrogen-bond donors (Lipinski definition) is 6. The van der Waals surface area contributed by atoms with Gasteiger partial charge in [-0.25, -0.2) is 4.98 Å². The maximum Gasteiger partial charge on any atom is 0.245 e. The molecule has 0 unspecified atom stereocenters. The van der Waals surface area contributed by atoms with Crippen molar-refractivity contribution in [3.05, 3.63) is 18.2 Å². The molecule has 1 heterocycles. The number of aromatic nitrogens is 2. The van der Waals surface area contributed by atoms with Crippen LogP contribution in [0.25, 0.3) is 0 Å². The molecule has 5 atom stereocenters. The van der Waals surface area contributed by atoms with Gasteiger partial charge in [0.15, 0.2) is 0 Å². The van der Waals surface area contributed by atoms with Crippen molar-refractivity contribution in [1.82, 2.24) is 25.9 Å². The highest BCUT2D eigenvalue weighted by Gasteiger charge is 2.30. The lowest BCUT2D eigenvalue weighted by atomic mass is 9.98. The largest absolute Gasteiger partial charge is 0.394 e. The Labute approximate surface area is 188 Å². The van der Waals surface area contributed by atoms with Crippen LogP contribution in [0.3, 0.4) is 0 Å². The molecular weight excluding hydrogens is 416 g/mol. The zero-order chi connectivity index (χ0) is 24.3. The van der Waals surface area contributed by atoms with Gasteiger partial charge in [-0.15, -0.1) is 0 Å². The van der Waals surface area contributed by atoms with Gasteiger partial charge in [0, 0.05) is 18.3 Å². The highest BCUT2D eigenvalue weighted by Crippen LogP contribution is 2.09. The summed E-state index contributed by atoms with van der Waals surface area (Å²) in [5.41, 5.74) is 6.52. The maximum atomic E-state index is 12.8. The van der Waals surface area contributed by atoms with Crippen molar-refractivity contribution in [1.29, 1.82) is 0 Å². The maximum absolute atomic E-state index is 12.8. The molecule has 11 heteroatoms. The number of aromatic amines is 1. The number of H-pyrrole nitrogens is 1. The van der Waals surface area contributed by atoms with Crippen LogP contribution in [0.1, 0.15) is 46.2 Å². The first kappa shape index (κ1) is 27.2. The molecule has 180 valence electrons. The van der Waals surface area contributed by atoms with Gasteiger partial charge in [0.25, 0.3) is 0 Å². The number of amides is 3. The number of aliphatic hydroxyl groups is 1. The molecule has 0 spiro atoms. The second-order valence-corrected chi connectivity index (χ2v) is 8.38. The summed E-state index contributed by atoms with van der Waals surface area (Å²) in [6, 6.07) is -3.85. The van der Waals surface area contributed by atoms with E-state index in [9.17, 15) is 24.3 Å². The van der Waals surface area contributed by atoms with E-state index in [0.717, 1.165) is 0 Å². The average molecular weight is 453 g/mol. The van der Waals surface area contributed by atoms with Crippen LogP contribution in [-0.2, 0) is 25.6 Å². The lowest BCUT2D eigenvalue weighted by molar-refractivity contribution is -0.134. The Balaban J connectivity index is 2.79. The van der Waals surface area contributed by atoms with Gasteiger partial charge in [-0.1, -0.05) is 34.1 Å². The monoisotopic (exact) mass is 452 g/mol. The molecule has 0 aliphatic heterocycles. The minimum Gasteiger partial charge on any atom is -0.394 e. The zero-order valence-electron chi connectivity index (χ0n) is 19.1. The summed E-state index contributed by atoms with van der Waals surface area (Å²) in [6.07, 6.45) is 4.85. The number of carbonyl (C=O) groups is 4. The minimum absolute atomic E-state index is 0.0623. The van der Waals surface area contributed by atoms with E-state index in [1.54, 1.807) is 0 Å². The molecule has 0 aromatic carbocycles. The molecule has 1 aromatic heterocycles. The Hall–Kier alpha value is -2.79. The molecule has 1 rings (SSSR count). The van der Waals surface area contributed by atoms with E-state index in [-0.39, 0.29) is 18.3 Å². The number of hydrogen-bond acceptors (Lipinski definition) is 7. The fourth-order valence-electron chi connectivity index (χ4n) is 3.00. The van der Waals surface area contributed by atoms with Crippen molar-refractivity contribution in [2.24, 2.45) is 17.6 Å². The number of aldehydes is 1. The number of nitrogens with zero attached hydrogens (tertiary/aromatic N) is 1. The highest BCUT2D eigenvalue weighted by molar-refractivity contribution is 5.93. The Morgan fingerprint density at radius 2 is 1.75 bits per heavy atom. The van der Waals surface area contributed by atoms with Crippen molar-refractivity contribution in [3.63, 3.8) is 0 Å². The van der Waals surface area contributed by atoms with Crippen molar-refractivity contribution in [2.75, 3.05) is 6.61 Å². The van der Waals surface area contributed by atoms with Crippen LogP contribution in [0.5, 0.6) is 0 Å². The third kappa shape index (κ3) is 8.75. The molecule has 0 aliphatic rings. The van der Waals surface area contributed by atoms with Gasteiger partial charge in [0.05, 0.1) is 25.0 Å². The van der Waals surface area contributed by atoms with Gasteiger partial charge in [-0.3, -0.25) is 14.4 Å². The third-order valence-electron chi connectivity index (χ3n) is 5.20. The highest BCUT2D eigenvalue weighted by atomic mass is 16.3. The Kier molecular flexibility index (Phi) is 11.6. The molecule has 0 bridgehead atoms. The van der Waals surface area contributed by atoms with Crippen LogP contribution < -0.4 is 21.7 Å². The normalized spacial score (nSPS) is 15.8. The summed E-state index contributed by atoms with van der Waals surface area (Å²) >= 11 is 0. The molecule has 0 saturated carbocycles. The summed E-state index contributed by atoms with van der Waals surface area (Å²) < 4.78 is 0. The predicted octanol–water partition coefficient (Wildman–Crippen LogP) is -0.983. The van der Waals surface area contributed by atoms with E-state index in [2.05, 4.69) is 25.9 Å². The molecule has 3 amide bonds. The van der Waals surface area contributed by atoms with Gasteiger partial charge in [0.1, 0.15) is 18.4 Å². The second kappa shape index (κ2) is 13.6. The van der Waals surface area contributed by atoms with E-state index in [1.807, 2.05) is 27.7 Å². The number of aliphatic hydroxyl groups excluding tert-OH is 1. The van der Waals surface area contributed by atoms with Crippen LogP contribution in [0.15, 0.2) is 12.5 Å². The topological polar surface area (TPSA) is 179 Å². The molecule has 11 nitrogen and oxygen atoms in total. The zero-order valence-corrected chi connectivity index (χ0v) is 19.1. The van der Waals surface area contributed by atoms with Crippen molar-refractivity contribution < 1.29 is 24.3 Å². The summed E-state index contributed by atoms with van der Waals surface area (Å²) in [7, 11) is 0. The first-order valence-electron chi connectivity index (χ1n) is 10.8. The van der Waals surface area contributed by atoms with Crippen molar-refractivity contribution in [3.8, 4) is 0 Å². The molecule has 0 fully saturated rings. The van der Waals surface area contributed by atoms with E-state index in [1.165, 1.54) is 12.5 Å². The number of carbonyl (C=O) groups excluding carboxylic acids is 4. The van der Waals surface area contributed by atoms with Crippen molar-refractivity contribution >= 4 is 24.0 Å². The van der Waals surface area contributed by atoms with Gasteiger partial charge in [-0.2, -0.15) is 0 Å². The van der Waals surface area contributed by atoms with Gasteiger partial charge in [0.2, 0.25) is 17.7 Å². The molecule has 0 saturated heterocycles. The molecule has 7 N–H and O–H groups in total. The van der Waals surface area contributed by atoms with Crippen LogP contribution in [0.4, 0.5) is 0 Å². The van der Waals surface area contributed by atoms with E-state index < -0.39 is 48.5 Å². The Morgan fingerprint density at radius 3 is 2.25 bits per heavy atom. The lowest BCUT2D eigenvalue weighted by Crippen LogP contribution is -2.58. The fraction of sp³-hybridized carbons (Fsp3) is 0.667. The Morgan fingerprint density at radius 1 is 1.12 bits per heavy atom. The Bertz CT molecular complexity index is 739. The summed E-state index contributed by atoms with van der Waals surface area (Å²) in [6.45, 7) is 6.86. The van der Waals surface area contributed by atoms with E-state index in [4.69, 9.17) is 5.73 Å². The van der Waals surface area contributed by atoms with Crippen LogP contribution in [-0.4, -0.2) is 69.9 Å². The standard InChI is InChI=1S/C21H36N6O5/c1-5-13(4)17(9-28)26-20(31)16(6-12(2)3)25-21(32)18(10-29)27-19(30)15(22)7-14-8-23-11-24-14/h8-9,11-13,15-18,29H,5-7,10,22H2,1-4H3,(H,23,24)(H,25,32)(H,26,31)(H,27,30)/t13-,15-,16-,17+,18-/m0/s1. The first-order valence-corrected chi connectivity index (χ1v) is 10.8. The molecule has 0 radical (unpaired) electrons. The fourth-order valence-corrected chi connectivity index (χ4v) is 3.00. The smallest absolute Gasteiger partial charge is 0.245 e. The van der Waals surface area contributed by atoms with Crippen LogP contribution in [0, 0.1) is 11.8 Å². The van der Waals surface area contributed by atoms with Crippen molar-refractivity contribution in [2.45, 2.75) is 71.1 Å². The van der Waals surface area contributed by atoms with E-state index in [0.29, 0.717) is 24.8 Å². The predicted molar refractivity (Wildman–Crippen MR) is 118 cm³/mol. The number of nitrogens with one attached hydrogen (secondary N) is 4. The number of imidazole rings is 1.